The van der Waals surface area contributed by atoms with E-state index in [0.29, 0.717) is 12.8 Å². The van der Waals surface area contributed by atoms with E-state index in [1.54, 1.807) is 18.2 Å². The molecular formula is C14H18O3S. The molecule has 0 amide bonds. The molecule has 0 radical (unpaired) electrons. The summed E-state index contributed by atoms with van der Waals surface area (Å²) >= 11 is 0. The van der Waals surface area contributed by atoms with E-state index in [0.717, 1.165) is 18.4 Å². The van der Waals surface area contributed by atoms with Gasteiger partial charge in [0.2, 0.25) is 0 Å². The van der Waals surface area contributed by atoms with Crippen molar-refractivity contribution in [3.05, 3.63) is 29.8 Å². The third-order valence-corrected chi connectivity index (χ3v) is 6.47. The maximum atomic E-state index is 12.7. The van der Waals surface area contributed by atoms with Crippen molar-refractivity contribution < 1.29 is 13.2 Å². The fourth-order valence-corrected chi connectivity index (χ4v) is 5.02. The molecule has 0 heterocycles. The average Bonchev–Trinajstić information content (AvgIpc) is 2.79. The largest absolute Gasteiger partial charge is 0.298 e. The smallest absolute Gasteiger partial charge is 0.191 e. The molecule has 18 heavy (non-hydrogen) atoms. The molecule has 0 spiro atoms. The molecule has 0 saturated heterocycles. The number of sulfone groups is 1. The van der Waals surface area contributed by atoms with Crippen LogP contribution in [0.15, 0.2) is 29.2 Å². The molecule has 3 nitrogen and oxygen atoms in total. The first-order valence-electron chi connectivity index (χ1n) is 6.22. The van der Waals surface area contributed by atoms with Gasteiger partial charge in [0, 0.05) is 0 Å². The Bertz CT molecular complexity index is 566. The fraction of sp³-hybridized carbons (Fsp3) is 0.500. The Morgan fingerprint density at radius 1 is 1.22 bits per heavy atom. The number of aryl methyl sites for hydroxylation is 1. The minimum atomic E-state index is -3.57. The molecular weight excluding hydrogens is 248 g/mol. The standard InChI is InChI=1S/C14H18O3S/c1-11-6-5-7-13(10-11)18(16,17)14(12(2)15)8-3-4-9-14/h5-7,10H,3-4,8-9H2,1-2H3. The van der Waals surface area contributed by atoms with Crippen LogP contribution in [0.2, 0.25) is 0 Å². The summed E-state index contributed by atoms with van der Waals surface area (Å²) in [5.74, 6) is -0.221. The van der Waals surface area contributed by atoms with Gasteiger partial charge in [-0.05, 0) is 44.4 Å². The third kappa shape index (κ3) is 1.88. The summed E-state index contributed by atoms with van der Waals surface area (Å²) in [5.41, 5.74) is 0.896. The maximum Gasteiger partial charge on any atom is 0.191 e. The van der Waals surface area contributed by atoms with Crippen LogP contribution < -0.4 is 0 Å². The van der Waals surface area contributed by atoms with Gasteiger partial charge in [-0.3, -0.25) is 4.79 Å². The van der Waals surface area contributed by atoms with Gasteiger partial charge in [0.15, 0.2) is 15.6 Å². The molecule has 0 bridgehead atoms. The molecule has 1 aliphatic rings. The van der Waals surface area contributed by atoms with Crippen molar-refractivity contribution in [2.45, 2.75) is 49.2 Å². The van der Waals surface area contributed by atoms with Crippen molar-refractivity contribution in [1.82, 2.24) is 0 Å². The zero-order valence-electron chi connectivity index (χ0n) is 10.8. The lowest BCUT2D eigenvalue weighted by atomic mass is 10.0. The normalized spacial score (nSPS) is 18.8. The molecule has 0 unspecified atom stereocenters. The van der Waals surface area contributed by atoms with Crippen LogP contribution in [-0.4, -0.2) is 18.9 Å². The number of ketones is 1. The van der Waals surface area contributed by atoms with Crippen molar-refractivity contribution >= 4 is 15.6 Å². The zero-order valence-corrected chi connectivity index (χ0v) is 11.6. The highest BCUT2D eigenvalue weighted by atomic mass is 32.2. The van der Waals surface area contributed by atoms with Crippen molar-refractivity contribution in [1.29, 1.82) is 0 Å². The molecule has 1 aromatic rings. The predicted octanol–water partition coefficient (Wildman–Crippen LogP) is 2.67. The van der Waals surface area contributed by atoms with E-state index in [1.807, 2.05) is 13.0 Å². The van der Waals surface area contributed by atoms with Gasteiger partial charge in [-0.15, -0.1) is 0 Å². The Balaban J connectivity index is 2.57. The number of benzene rings is 1. The highest BCUT2D eigenvalue weighted by Crippen LogP contribution is 2.41. The predicted molar refractivity (Wildman–Crippen MR) is 70.2 cm³/mol. The van der Waals surface area contributed by atoms with Crippen LogP contribution in [0.5, 0.6) is 0 Å². The average molecular weight is 266 g/mol. The Labute approximate surface area is 108 Å². The second-order valence-corrected chi connectivity index (χ2v) is 7.34. The maximum absolute atomic E-state index is 12.7. The van der Waals surface area contributed by atoms with Gasteiger partial charge in [0.1, 0.15) is 4.75 Å². The van der Waals surface area contributed by atoms with Crippen molar-refractivity contribution in [2.24, 2.45) is 0 Å². The van der Waals surface area contributed by atoms with Crippen molar-refractivity contribution in [3.63, 3.8) is 0 Å². The molecule has 1 aromatic carbocycles. The van der Waals surface area contributed by atoms with E-state index in [2.05, 4.69) is 0 Å². The number of Topliss-reactive ketones (excluding diaryl/α,β-unsaturated/α-hetero) is 1. The van der Waals surface area contributed by atoms with Gasteiger partial charge in [0.25, 0.3) is 0 Å². The Kier molecular flexibility index (Phi) is 3.32. The van der Waals surface area contributed by atoms with Gasteiger partial charge in [-0.2, -0.15) is 0 Å². The zero-order chi connectivity index (χ0) is 13.4. The molecule has 1 aliphatic carbocycles. The topological polar surface area (TPSA) is 51.2 Å². The highest BCUT2D eigenvalue weighted by Gasteiger charge is 2.50. The number of carbonyl (C=O) groups excluding carboxylic acids is 1. The van der Waals surface area contributed by atoms with Crippen LogP contribution in [0.25, 0.3) is 0 Å². The molecule has 0 atom stereocenters. The van der Waals surface area contributed by atoms with Crippen molar-refractivity contribution in [3.8, 4) is 0 Å². The minimum absolute atomic E-state index is 0.221. The lowest BCUT2D eigenvalue weighted by Crippen LogP contribution is -2.42. The summed E-state index contributed by atoms with van der Waals surface area (Å²) in [6.07, 6.45) is 2.53. The molecule has 1 saturated carbocycles. The number of hydrogen-bond acceptors (Lipinski definition) is 3. The van der Waals surface area contributed by atoms with Crippen LogP contribution in [0, 0.1) is 6.92 Å². The van der Waals surface area contributed by atoms with E-state index >= 15 is 0 Å². The fourth-order valence-electron chi connectivity index (χ4n) is 2.76. The number of rotatable bonds is 3. The minimum Gasteiger partial charge on any atom is -0.298 e. The Morgan fingerprint density at radius 3 is 2.33 bits per heavy atom. The molecule has 1 fully saturated rings. The quantitative estimate of drug-likeness (QED) is 0.845. The third-order valence-electron chi connectivity index (χ3n) is 3.87. The van der Waals surface area contributed by atoms with Crippen LogP contribution in [0.4, 0.5) is 0 Å². The van der Waals surface area contributed by atoms with Crippen molar-refractivity contribution in [2.75, 3.05) is 0 Å². The van der Waals surface area contributed by atoms with Gasteiger partial charge >= 0.3 is 0 Å². The van der Waals surface area contributed by atoms with Gasteiger partial charge in [0.05, 0.1) is 4.90 Å². The lowest BCUT2D eigenvalue weighted by molar-refractivity contribution is -0.119. The van der Waals surface area contributed by atoms with Gasteiger partial charge in [-0.1, -0.05) is 25.0 Å². The van der Waals surface area contributed by atoms with Crippen LogP contribution >= 0.6 is 0 Å². The van der Waals surface area contributed by atoms with E-state index in [-0.39, 0.29) is 10.7 Å². The highest BCUT2D eigenvalue weighted by molar-refractivity contribution is 7.93. The summed E-state index contributed by atoms with van der Waals surface area (Å²) in [6.45, 7) is 3.26. The first-order valence-corrected chi connectivity index (χ1v) is 7.71. The molecule has 98 valence electrons. The van der Waals surface area contributed by atoms with E-state index in [9.17, 15) is 13.2 Å². The Hall–Kier alpha value is -1.16. The second kappa shape index (κ2) is 4.50. The second-order valence-electron chi connectivity index (χ2n) is 5.08. The number of carbonyl (C=O) groups is 1. The lowest BCUT2D eigenvalue weighted by Gasteiger charge is -2.26. The van der Waals surface area contributed by atoms with E-state index < -0.39 is 14.6 Å². The summed E-state index contributed by atoms with van der Waals surface area (Å²) in [7, 11) is -3.57. The monoisotopic (exact) mass is 266 g/mol. The summed E-state index contributed by atoms with van der Waals surface area (Å²) < 4.78 is 24.3. The molecule has 4 heteroatoms. The Morgan fingerprint density at radius 2 is 1.83 bits per heavy atom. The summed E-state index contributed by atoms with van der Waals surface area (Å²) in [5, 5.41) is 0. The molecule has 0 aromatic heterocycles. The van der Waals surface area contributed by atoms with E-state index in [1.165, 1.54) is 6.92 Å². The van der Waals surface area contributed by atoms with Gasteiger partial charge in [-0.25, -0.2) is 8.42 Å². The van der Waals surface area contributed by atoms with Crippen LogP contribution in [0.1, 0.15) is 38.2 Å². The molecule has 0 N–H and O–H groups in total. The summed E-state index contributed by atoms with van der Waals surface area (Å²) in [4.78, 5) is 12.2. The number of hydrogen-bond donors (Lipinski definition) is 0. The summed E-state index contributed by atoms with van der Waals surface area (Å²) in [6, 6.07) is 6.82. The first kappa shape index (κ1) is 13.3. The SMILES string of the molecule is CC(=O)C1(S(=O)(=O)c2cccc(C)c2)CCCC1. The van der Waals surface area contributed by atoms with Gasteiger partial charge < -0.3 is 0 Å². The first-order chi connectivity index (χ1) is 8.40. The molecule has 0 aliphatic heterocycles. The molecule has 2 rings (SSSR count). The van der Waals surface area contributed by atoms with Crippen LogP contribution in [0.3, 0.4) is 0 Å². The van der Waals surface area contributed by atoms with E-state index in [4.69, 9.17) is 0 Å². The van der Waals surface area contributed by atoms with Crippen LogP contribution in [-0.2, 0) is 14.6 Å².